The van der Waals surface area contributed by atoms with Crippen molar-refractivity contribution >= 4 is 17.5 Å². The van der Waals surface area contributed by atoms with Gasteiger partial charge in [0, 0.05) is 0 Å². The molecule has 0 spiro atoms. The summed E-state index contributed by atoms with van der Waals surface area (Å²) in [5.41, 5.74) is 2.82. The molecule has 2 aliphatic rings. The summed E-state index contributed by atoms with van der Waals surface area (Å²) < 4.78 is 5.33. The van der Waals surface area contributed by atoms with Crippen molar-refractivity contribution in [2.45, 2.75) is 26.3 Å². The maximum absolute atomic E-state index is 12.7. The SMILES string of the molecule is Cc1ccc(N2C(=O)C[C@H]([NH+]3CCOCC3)C2=O)c(C)c1. The largest absolute Gasteiger partial charge is 0.370 e. The number of morpholine rings is 1. The predicted octanol–water partition coefficient (Wildman–Crippen LogP) is -0.150. The van der Waals surface area contributed by atoms with Gasteiger partial charge in [-0.25, -0.2) is 4.90 Å². The minimum Gasteiger partial charge on any atom is -0.370 e. The predicted molar refractivity (Wildman–Crippen MR) is 78.3 cm³/mol. The number of hydrogen-bond acceptors (Lipinski definition) is 3. The van der Waals surface area contributed by atoms with Crippen molar-refractivity contribution < 1.29 is 19.2 Å². The fourth-order valence-electron chi connectivity index (χ4n) is 3.24. The summed E-state index contributed by atoms with van der Waals surface area (Å²) in [6, 6.07) is 5.57. The van der Waals surface area contributed by atoms with Crippen molar-refractivity contribution in [3.8, 4) is 0 Å². The van der Waals surface area contributed by atoms with Crippen molar-refractivity contribution in [2.75, 3.05) is 31.2 Å². The first-order valence-corrected chi connectivity index (χ1v) is 7.44. The summed E-state index contributed by atoms with van der Waals surface area (Å²) in [4.78, 5) is 27.6. The van der Waals surface area contributed by atoms with E-state index >= 15 is 0 Å². The molecule has 1 aromatic carbocycles. The van der Waals surface area contributed by atoms with Crippen LogP contribution in [0.1, 0.15) is 17.5 Å². The molecule has 5 heteroatoms. The number of quaternary nitrogens is 1. The van der Waals surface area contributed by atoms with Crippen LogP contribution in [0.25, 0.3) is 0 Å². The first-order valence-electron chi connectivity index (χ1n) is 7.44. The number of rotatable bonds is 2. The van der Waals surface area contributed by atoms with Crippen LogP contribution in [0, 0.1) is 13.8 Å². The third-order valence-corrected chi connectivity index (χ3v) is 4.37. The molecule has 1 atom stereocenters. The Bertz CT molecular complexity index is 579. The highest BCUT2D eigenvalue weighted by atomic mass is 16.5. The van der Waals surface area contributed by atoms with E-state index in [9.17, 15) is 9.59 Å². The number of anilines is 1. The van der Waals surface area contributed by atoms with Gasteiger partial charge in [-0.05, 0) is 25.5 Å². The lowest BCUT2D eigenvalue weighted by Gasteiger charge is -2.27. The fourth-order valence-corrected chi connectivity index (χ4v) is 3.24. The molecular weight excluding hydrogens is 268 g/mol. The van der Waals surface area contributed by atoms with Gasteiger partial charge < -0.3 is 9.64 Å². The van der Waals surface area contributed by atoms with Crippen LogP contribution in [0.4, 0.5) is 5.69 Å². The van der Waals surface area contributed by atoms with Crippen LogP contribution >= 0.6 is 0 Å². The van der Waals surface area contributed by atoms with Gasteiger partial charge >= 0.3 is 0 Å². The highest BCUT2D eigenvalue weighted by molar-refractivity contribution is 6.22. The molecule has 0 radical (unpaired) electrons. The average molecular weight is 289 g/mol. The van der Waals surface area contributed by atoms with E-state index in [-0.39, 0.29) is 17.9 Å². The van der Waals surface area contributed by atoms with Gasteiger partial charge in [0.05, 0.1) is 25.3 Å². The zero-order valence-corrected chi connectivity index (χ0v) is 12.5. The van der Waals surface area contributed by atoms with Crippen LogP contribution < -0.4 is 9.80 Å². The Morgan fingerprint density at radius 2 is 1.90 bits per heavy atom. The van der Waals surface area contributed by atoms with Crippen LogP contribution in [-0.4, -0.2) is 44.2 Å². The van der Waals surface area contributed by atoms with E-state index in [1.165, 1.54) is 9.80 Å². The summed E-state index contributed by atoms with van der Waals surface area (Å²) in [6.45, 7) is 6.87. The average Bonchev–Trinajstić information content (AvgIpc) is 2.76. The second-order valence-electron chi connectivity index (χ2n) is 5.88. The van der Waals surface area contributed by atoms with Crippen LogP contribution in [0.2, 0.25) is 0 Å². The number of aryl methyl sites for hydroxylation is 2. The monoisotopic (exact) mass is 289 g/mol. The summed E-state index contributed by atoms with van der Waals surface area (Å²) in [5, 5.41) is 0. The van der Waals surface area contributed by atoms with Crippen LogP contribution in [0.15, 0.2) is 18.2 Å². The molecule has 112 valence electrons. The highest BCUT2D eigenvalue weighted by Gasteiger charge is 2.46. The molecule has 0 saturated carbocycles. The van der Waals surface area contributed by atoms with E-state index in [4.69, 9.17) is 4.74 Å². The van der Waals surface area contributed by atoms with E-state index in [0.29, 0.717) is 19.6 Å². The Kier molecular flexibility index (Phi) is 3.78. The molecule has 0 unspecified atom stereocenters. The summed E-state index contributed by atoms with van der Waals surface area (Å²) in [6.07, 6.45) is 0.307. The number of benzene rings is 1. The second-order valence-corrected chi connectivity index (χ2v) is 5.88. The van der Waals surface area contributed by atoms with Gasteiger partial charge in [-0.15, -0.1) is 0 Å². The first-order chi connectivity index (χ1) is 10.1. The highest BCUT2D eigenvalue weighted by Crippen LogP contribution is 2.26. The number of carbonyl (C=O) groups excluding carboxylic acids is 2. The fraction of sp³-hybridized carbons (Fsp3) is 0.500. The molecule has 0 aliphatic carbocycles. The normalized spacial score (nSPS) is 23.9. The third-order valence-electron chi connectivity index (χ3n) is 4.37. The summed E-state index contributed by atoms with van der Waals surface area (Å²) in [5.74, 6) is -0.153. The van der Waals surface area contributed by atoms with Crippen molar-refractivity contribution in [2.24, 2.45) is 0 Å². The molecule has 2 heterocycles. The minimum atomic E-state index is -0.248. The van der Waals surface area contributed by atoms with Gasteiger partial charge in [0.1, 0.15) is 13.1 Å². The molecule has 0 aromatic heterocycles. The van der Waals surface area contributed by atoms with Gasteiger partial charge in [-0.1, -0.05) is 17.7 Å². The van der Waals surface area contributed by atoms with Crippen molar-refractivity contribution in [1.82, 2.24) is 0 Å². The Hall–Kier alpha value is -1.72. The molecule has 21 heavy (non-hydrogen) atoms. The lowest BCUT2D eigenvalue weighted by atomic mass is 10.1. The molecule has 5 nitrogen and oxygen atoms in total. The lowest BCUT2D eigenvalue weighted by molar-refractivity contribution is -0.922. The lowest BCUT2D eigenvalue weighted by Crippen LogP contribution is -3.18. The van der Waals surface area contributed by atoms with Crippen molar-refractivity contribution in [3.63, 3.8) is 0 Å². The van der Waals surface area contributed by atoms with E-state index in [2.05, 4.69) is 0 Å². The number of amides is 2. The minimum absolute atomic E-state index is 0.0659. The van der Waals surface area contributed by atoms with Gasteiger partial charge in [-0.3, -0.25) is 9.59 Å². The number of nitrogens with zero attached hydrogens (tertiary/aromatic N) is 1. The Morgan fingerprint density at radius 3 is 2.57 bits per heavy atom. The number of imide groups is 1. The topological polar surface area (TPSA) is 51.1 Å². The van der Waals surface area contributed by atoms with Gasteiger partial charge in [0.2, 0.25) is 5.91 Å². The van der Waals surface area contributed by atoms with Crippen LogP contribution in [0.3, 0.4) is 0 Å². The van der Waals surface area contributed by atoms with Gasteiger partial charge in [-0.2, -0.15) is 0 Å². The van der Waals surface area contributed by atoms with Crippen LogP contribution in [-0.2, 0) is 14.3 Å². The standard InChI is InChI=1S/C16H20N2O3/c1-11-3-4-13(12(2)9-11)18-15(19)10-14(16(18)20)17-5-7-21-8-6-17/h3-4,9,14H,5-8,10H2,1-2H3/p+1/t14-/m0/s1. The Morgan fingerprint density at radius 1 is 1.19 bits per heavy atom. The first kappa shape index (κ1) is 14.2. The second kappa shape index (κ2) is 5.58. The Labute approximate surface area is 124 Å². The zero-order valence-electron chi connectivity index (χ0n) is 12.5. The van der Waals surface area contributed by atoms with E-state index in [1.807, 2.05) is 32.0 Å². The summed E-state index contributed by atoms with van der Waals surface area (Å²) >= 11 is 0. The third kappa shape index (κ3) is 2.59. The molecule has 2 aliphatic heterocycles. The number of carbonyl (C=O) groups is 2. The smallest absolute Gasteiger partial charge is 0.292 e. The zero-order chi connectivity index (χ0) is 15.0. The molecule has 2 amide bonds. The molecule has 2 saturated heterocycles. The number of nitrogens with one attached hydrogen (secondary N) is 1. The molecule has 3 rings (SSSR count). The number of ether oxygens (including phenoxy) is 1. The maximum atomic E-state index is 12.7. The number of hydrogen-bond donors (Lipinski definition) is 1. The van der Waals surface area contributed by atoms with Gasteiger partial charge in [0.25, 0.3) is 5.91 Å². The molecule has 2 fully saturated rings. The van der Waals surface area contributed by atoms with E-state index in [1.54, 1.807) is 0 Å². The molecular formula is C16H21N2O3+. The molecule has 1 aromatic rings. The van der Waals surface area contributed by atoms with Crippen LogP contribution in [0.5, 0.6) is 0 Å². The molecule has 0 bridgehead atoms. The van der Waals surface area contributed by atoms with Crippen molar-refractivity contribution in [1.29, 1.82) is 0 Å². The van der Waals surface area contributed by atoms with E-state index < -0.39 is 0 Å². The Balaban J connectivity index is 1.86. The van der Waals surface area contributed by atoms with Gasteiger partial charge in [0.15, 0.2) is 6.04 Å². The molecule has 1 N–H and O–H groups in total. The summed E-state index contributed by atoms with van der Waals surface area (Å²) in [7, 11) is 0. The van der Waals surface area contributed by atoms with E-state index in [0.717, 1.165) is 29.9 Å². The maximum Gasteiger partial charge on any atom is 0.292 e. The quantitative estimate of drug-likeness (QED) is 0.771. The van der Waals surface area contributed by atoms with Crippen molar-refractivity contribution in [3.05, 3.63) is 29.3 Å².